The fourth-order valence-corrected chi connectivity index (χ4v) is 2.87. The van der Waals surface area contributed by atoms with Crippen LogP contribution < -0.4 is 10.2 Å². The van der Waals surface area contributed by atoms with Gasteiger partial charge in [-0.15, -0.1) is 0 Å². The molecule has 0 bridgehead atoms. The number of carbonyl (C=O) groups is 1. The van der Waals surface area contributed by atoms with Crippen molar-refractivity contribution in [2.24, 2.45) is 0 Å². The molecule has 0 atom stereocenters. The third-order valence-electron chi connectivity index (χ3n) is 3.87. The maximum atomic E-state index is 12.6. The van der Waals surface area contributed by atoms with Gasteiger partial charge < -0.3 is 10.2 Å². The highest BCUT2D eigenvalue weighted by Crippen LogP contribution is 2.21. The van der Waals surface area contributed by atoms with E-state index in [1.807, 2.05) is 4.90 Å². The number of anilines is 2. The van der Waals surface area contributed by atoms with Crippen LogP contribution in [0.2, 0.25) is 5.02 Å². The van der Waals surface area contributed by atoms with Crippen molar-refractivity contribution in [1.29, 1.82) is 0 Å². The van der Waals surface area contributed by atoms with E-state index in [9.17, 15) is 4.79 Å². The summed E-state index contributed by atoms with van der Waals surface area (Å²) in [6.45, 7) is 1.78. The van der Waals surface area contributed by atoms with Crippen molar-refractivity contribution < 1.29 is 4.79 Å². The molecule has 4 heterocycles. The number of nitrogens with zero attached hydrogens (tertiary/aromatic N) is 6. The lowest BCUT2D eigenvalue weighted by atomic mass is 10.3. The van der Waals surface area contributed by atoms with Gasteiger partial charge in [-0.05, 0) is 18.9 Å². The Morgan fingerprint density at radius 2 is 2.00 bits per heavy atom. The van der Waals surface area contributed by atoms with E-state index >= 15 is 0 Å². The Hall–Kier alpha value is -2.74. The maximum absolute atomic E-state index is 12.6. The van der Waals surface area contributed by atoms with Crippen LogP contribution in [0.5, 0.6) is 0 Å². The molecule has 0 radical (unpaired) electrons. The van der Waals surface area contributed by atoms with Crippen molar-refractivity contribution in [2.75, 3.05) is 23.3 Å². The number of hydrogen-bond acceptors (Lipinski definition) is 6. The summed E-state index contributed by atoms with van der Waals surface area (Å²) in [5.41, 5.74) is 0.782. The van der Waals surface area contributed by atoms with Gasteiger partial charge in [-0.25, -0.2) is 15.0 Å². The molecule has 9 heteroatoms. The van der Waals surface area contributed by atoms with Gasteiger partial charge in [0.05, 0.1) is 17.4 Å². The lowest BCUT2D eigenvalue weighted by Crippen LogP contribution is -2.23. The second kappa shape index (κ2) is 6.04. The van der Waals surface area contributed by atoms with Crippen molar-refractivity contribution in [3.05, 3.63) is 41.4 Å². The van der Waals surface area contributed by atoms with E-state index in [-0.39, 0.29) is 10.7 Å². The number of halogens is 1. The van der Waals surface area contributed by atoms with Crippen LogP contribution in [0.3, 0.4) is 0 Å². The molecule has 3 aromatic heterocycles. The van der Waals surface area contributed by atoms with Crippen LogP contribution in [0.1, 0.15) is 23.3 Å². The first-order valence-electron chi connectivity index (χ1n) is 7.60. The average Bonchev–Trinajstić information content (AvgIpc) is 3.27. The van der Waals surface area contributed by atoms with Gasteiger partial charge in [0.25, 0.3) is 5.91 Å². The summed E-state index contributed by atoms with van der Waals surface area (Å²) in [7, 11) is 0. The number of nitrogens with one attached hydrogen (secondary N) is 1. The molecule has 122 valence electrons. The molecule has 1 aliphatic heterocycles. The Balaban J connectivity index is 1.64. The van der Waals surface area contributed by atoms with E-state index in [0.717, 1.165) is 25.9 Å². The van der Waals surface area contributed by atoms with Gasteiger partial charge in [0.1, 0.15) is 5.82 Å². The second-order valence-electron chi connectivity index (χ2n) is 5.45. The molecule has 4 rings (SSSR count). The first-order valence-corrected chi connectivity index (χ1v) is 7.98. The molecule has 1 fully saturated rings. The van der Waals surface area contributed by atoms with Gasteiger partial charge in [0, 0.05) is 25.4 Å². The maximum Gasteiger partial charge on any atom is 0.277 e. The molecule has 1 N–H and O–H groups in total. The molecule has 1 aliphatic rings. The molecule has 0 unspecified atom stereocenters. The quantitative estimate of drug-likeness (QED) is 0.782. The highest BCUT2D eigenvalue weighted by molar-refractivity contribution is 6.34. The fourth-order valence-electron chi connectivity index (χ4n) is 2.69. The van der Waals surface area contributed by atoms with Gasteiger partial charge in [0.2, 0.25) is 5.95 Å². The summed E-state index contributed by atoms with van der Waals surface area (Å²) >= 11 is 6.12. The molecule has 3 aromatic rings. The molecule has 1 amide bonds. The number of fused-ring (bicyclic) bond motifs is 1. The Morgan fingerprint density at radius 3 is 2.83 bits per heavy atom. The van der Waals surface area contributed by atoms with E-state index in [0.29, 0.717) is 17.4 Å². The van der Waals surface area contributed by atoms with Crippen molar-refractivity contribution in [2.45, 2.75) is 12.8 Å². The Labute approximate surface area is 142 Å². The second-order valence-corrected chi connectivity index (χ2v) is 5.85. The van der Waals surface area contributed by atoms with Gasteiger partial charge >= 0.3 is 0 Å². The molecular weight excluding hydrogens is 330 g/mol. The van der Waals surface area contributed by atoms with Crippen LogP contribution in [-0.4, -0.2) is 43.6 Å². The van der Waals surface area contributed by atoms with Crippen molar-refractivity contribution in [3.8, 4) is 0 Å². The molecule has 8 nitrogen and oxygen atoms in total. The number of aromatic nitrogens is 5. The van der Waals surface area contributed by atoms with E-state index in [2.05, 4.69) is 25.4 Å². The van der Waals surface area contributed by atoms with E-state index in [4.69, 9.17) is 11.6 Å². The predicted octanol–water partition coefficient (Wildman–Crippen LogP) is 2.03. The van der Waals surface area contributed by atoms with E-state index < -0.39 is 5.91 Å². The summed E-state index contributed by atoms with van der Waals surface area (Å²) in [5.74, 6) is 0.610. The van der Waals surface area contributed by atoms with Crippen molar-refractivity contribution in [3.63, 3.8) is 0 Å². The van der Waals surface area contributed by atoms with Gasteiger partial charge in [-0.1, -0.05) is 11.6 Å². The summed E-state index contributed by atoms with van der Waals surface area (Å²) in [6.07, 6.45) is 6.88. The van der Waals surface area contributed by atoms with Gasteiger partial charge in [-0.3, -0.25) is 4.79 Å². The van der Waals surface area contributed by atoms with Gasteiger partial charge in [-0.2, -0.15) is 9.61 Å². The standard InChI is InChI=1S/C15H14ClN7O/c16-10-9-18-15(22-7-1-2-8-22)21-13(10)14(24)20-12-3-5-17-11-4-6-19-23(11)12/h3-6,9H,1-2,7-8H2,(H,20,24). The largest absolute Gasteiger partial charge is 0.341 e. The minimum Gasteiger partial charge on any atom is -0.341 e. The molecule has 0 spiro atoms. The normalized spacial score (nSPS) is 14.3. The van der Waals surface area contributed by atoms with Crippen LogP contribution >= 0.6 is 11.6 Å². The minimum absolute atomic E-state index is 0.144. The monoisotopic (exact) mass is 343 g/mol. The smallest absolute Gasteiger partial charge is 0.277 e. The van der Waals surface area contributed by atoms with Gasteiger partial charge in [0.15, 0.2) is 11.3 Å². The average molecular weight is 344 g/mol. The first-order chi connectivity index (χ1) is 11.7. The summed E-state index contributed by atoms with van der Waals surface area (Å²) < 4.78 is 1.54. The number of rotatable bonds is 3. The molecule has 0 aromatic carbocycles. The van der Waals surface area contributed by atoms with Crippen LogP contribution in [0, 0.1) is 0 Å². The van der Waals surface area contributed by atoms with E-state index in [1.54, 1.807) is 24.5 Å². The lowest BCUT2D eigenvalue weighted by molar-refractivity contribution is 0.102. The number of carbonyl (C=O) groups excluding carboxylic acids is 1. The molecule has 0 saturated carbocycles. The third-order valence-corrected chi connectivity index (χ3v) is 4.14. The van der Waals surface area contributed by atoms with E-state index in [1.165, 1.54) is 10.7 Å². The lowest BCUT2D eigenvalue weighted by Gasteiger charge is -2.16. The first kappa shape index (κ1) is 14.8. The van der Waals surface area contributed by atoms with Crippen molar-refractivity contribution in [1.82, 2.24) is 24.6 Å². The Kier molecular flexibility index (Phi) is 3.73. The molecule has 0 aliphatic carbocycles. The predicted molar refractivity (Wildman–Crippen MR) is 89.4 cm³/mol. The molecular formula is C15H14ClN7O. The fraction of sp³-hybridized carbons (Fsp3) is 0.267. The van der Waals surface area contributed by atoms with Crippen molar-refractivity contribution >= 4 is 34.9 Å². The summed E-state index contributed by atoms with van der Waals surface area (Å²) in [5, 5.41) is 7.12. The zero-order valence-electron chi connectivity index (χ0n) is 12.7. The SMILES string of the molecule is O=C(Nc1ccnc2ccnn12)c1nc(N2CCCC2)ncc1Cl. The third kappa shape index (κ3) is 2.65. The molecule has 1 saturated heterocycles. The highest BCUT2D eigenvalue weighted by atomic mass is 35.5. The van der Waals surface area contributed by atoms with Crippen LogP contribution in [0.15, 0.2) is 30.7 Å². The zero-order valence-corrected chi connectivity index (χ0v) is 13.4. The summed E-state index contributed by atoms with van der Waals surface area (Å²) in [6, 6.07) is 3.41. The number of hydrogen-bond donors (Lipinski definition) is 1. The highest BCUT2D eigenvalue weighted by Gasteiger charge is 2.20. The zero-order chi connectivity index (χ0) is 16.5. The molecule has 24 heavy (non-hydrogen) atoms. The van der Waals surface area contributed by atoms with Crippen LogP contribution in [0.4, 0.5) is 11.8 Å². The Bertz CT molecular complexity index is 904. The van der Waals surface area contributed by atoms with Crippen LogP contribution in [-0.2, 0) is 0 Å². The topological polar surface area (TPSA) is 88.3 Å². The summed E-state index contributed by atoms with van der Waals surface area (Å²) in [4.78, 5) is 27.4. The van der Waals surface area contributed by atoms with Crippen LogP contribution in [0.25, 0.3) is 5.65 Å². The Morgan fingerprint density at radius 1 is 1.17 bits per heavy atom. The number of amides is 1. The minimum atomic E-state index is -0.411.